The number of aromatic nitrogens is 3. The van der Waals surface area contributed by atoms with Crippen LogP contribution in [-0.2, 0) is 9.59 Å². The van der Waals surface area contributed by atoms with Gasteiger partial charge in [0.25, 0.3) is 5.91 Å². The highest BCUT2D eigenvalue weighted by atomic mass is 32.2. The summed E-state index contributed by atoms with van der Waals surface area (Å²) in [6.07, 6.45) is 0. The summed E-state index contributed by atoms with van der Waals surface area (Å²) in [7, 11) is 1.62. The molecule has 4 aromatic rings. The molecule has 1 N–H and O–H groups in total. The molecule has 1 amide bonds. The number of hydrogen-bond acceptors (Lipinski definition) is 8. The van der Waals surface area contributed by atoms with Crippen molar-refractivity contribution >= 4 is 29.4 Å². The van der Waals surface area contributed by atoms with Crippen LogP contribution in [0.5, 0.6) is 11.5 Å². The van der Waals surface area contributed by atoms with Crippen molar-refractivity contribution in [2.75, 3.05) is 12.9 Å². The topological polar surface area (TPSA) is 108 Å². The minimum atomic E-state index is -0.387. The molecular formula is C27H25N5O4S. The van der Waals surface area contributed by atoms with Gasteiger partial charge in [-0.1, -0.05) is 42.1 Å². The van der Waals surface area contributed by atoms with E-state index >= 15 is 0 Å². The molecule has 0 saturated heterocycles. The Bertz CT molecular complexity index is 1400. The lowest BCUT2D eigenvalue weighted by Gasteiger charge is -2.11. The van der Waals surface area contributed by atoms with E-state index in [1.807, 2.05) is 59.2 Å². The Balaban J connectivity index is 1.47. The summed E-state index contributed by atoms with van der Waals surface area (Å²) in [5.41, 5.74) is 5.73. The number of hydrazone groups is 1. The Morgan fingerprint density at radius 2 is 1.59 bits per heavy atom. The van der Waals surface area contributed by atoms with E-state index < -0.39 is 0 Å². The standard InChI is InChI=1S/C27H25N5O4S/c1-18(20-9-13-24(14-10-20)36-19(2)33)28-29-25(34)17-37-27-31-30-26(21-7-5-4-6-8-21)32(27)22-11-15-23(35-3)16-12-22/h4-16H,17H2,1-3H3,(H,29,34)/b28-18-. The van der Waals surface area contributed by atoms with Gasteiger partial charge in [-0.3, -0.25) is 14.2 Å². The average Bonchev–Trinajstić information content (AvgIpc) is 3.35. The maximum Gasteiger partial charge on any atom is 0.308 e. The van der Waals surface area contributed by atoms with Crippen molar-refractivity contribution in [2.45, 2.75) is 19.0 Å². The molecule has 0 fully saturated rings. The number of esters is 1. The van der Waals surface area contributed by atoms with Gasteiger partial charge < -0.3 is 9.47 Å². The van der Waals surface area contributed by atoms with Crippen molar-refractivity contribution in [1.29, 1.82) is 0 Å². The van der Waals surface area contributed by atoms with Gasteiger partial charge in [0.15, 0.2) is 11.0 Å². The van der Waals surface area contributed by atoms with Crippen molar-refractivity contribution in [3.63, 3.8) is 0 Å². The van der Waals surface area contributed by atoms with Gasteiger partial charge in [0.1, 0.15) is 11.5 Å². The molecule has 37 heavy (non-hydrogen) atoms. The maximum absolute atomic E-state index is 12.6. The molecule has 1 aromatic heterocycles. The third-order valence-corrected chi connectivity index (χ3v) is 6.14. The second kappa shape index (κ2) is 12.0. The van der Waals surface area contributed by atoms with Gasteiger partial charge in [0, 0.05) is 18.2 Å². The lowest BCUT2D eigenvalue weighted by Crippen LogP contribution is -2.21. The van der Waals surface area contributed by atoms with Crippen LogP contribution >= 0.6 is 11.8 Å². The minimum Gasteiger partial charge on any atom is -0.497 e. The quantitative estimate of drug-likeness (QED) is 0.115. The van der Waals surface area contributed by atoms with Crippen LogP contribution < -0.4 is 14.9 Å². The molecule has 0 aliphatic heterocycles. The van der Waals surface area contributed by atoms with Crippen molar-refractivity contribution in [3.8, 4) is 28.6 Å². The van der Waals surface area contributed by atoms with Crippen molar-refractivity contribution in [1.82, 2.24) is 20.2 Å². The van der Waals surface area contributed by atoms with Gasteiger partial charge in [-0.25, -0.2) is 5.43 Å². The Kier molecular flexibility index (Phi) is 8.32. The van der Waals surface area contributed by atoms with E-state index in [1.54, 1.807) is 38.3 Å². The first kappa shape index (κ1) is 25.6. The van der Waals surface area contributed by atoms with Crippen LogP contribution in [0.1, 0.15) is 19.4 Å². The highest BCUT2D eigenvalue weighted by molar-refractivity contribution is 7.99. The second-order valence-corrected chi connectivity index (χ2v) is 8.79. The van der Waals surface area contributed by atoms with Crippen LogP contribution in [0.25, 0.3) is 17.1 Å². The summed E-state index contributed by atoms with van der Waals surface area (Å²) in [5, 5.41) is 13.5. The number of nitrogens with one attached hydrogen (secondary N) is 1. The Morgan fingerprint density at radius 1 is 0.919 bits per heavy atom. The minimum absolute atomic E-state index is 0.0885. The summed E-state index contributed by atoms with van der Waals surface area (Å²) in [4.78, 5) is 23.6. The summed E-state index contributed by atoms with van der Waals surface area (Å²) in [5.74, 6) is 1.26. The molecule has 4 rings (SSSR count). The third-order valence-electron chi connectivity index (χ3n) is 5.21. The number of carbonyl (C=O) groups excluding carboxylic acids is 2. The lowest BCUT2D eigenvalue weighted by molar-refractivity contribution is -0.131. The summed E-state index contributed by atoms with van der Waals surface area (Å²) in [6, 6.07) is 24.2. The summed E-state index contributed by atoms with van der Waals surface area (Å²) < 4.78 is 12.2. The number of hydrogen-bond donors (Lipinski definition) is 1. The third kappa shape index (κ3) is 6.62. The van der Waals surface area contributed by atoms with E-state index in [2.05, 4.69) is 20.7 Å². The van der Waals surface area contributed by atoms with Gasteiger partial charge in [-0.2, -0.15) is 5.10 Å². The van der Waals surface area contributed by atoms with E-state index in [-0.39, 0.29) is 17.6 Å². The molecule has 0 aliphatic carbocycles. The number of ether oxygens (including phenoxy) is 2. The number of methoxy groups -OCH3 is 1. The molecule has 9 nitrogen and oxygen atoms in total. The molecule has 0 unspecified atom stereocenters. The Labute approximate surface area is 218 Å². The smallest absolute Gasteiger partial charge is 0.308 e. The Morgan fingerprint density at radius 3 is 2.24 bits per heavy atom. The lowest BCUT2D eigenvalue weighted by atomic mass is 10.1. The van der Waals surface area contributed by atoms with E-state index in [9.17, 15) is 9.59 Å². The molecule has 0 atom stereocenters. The van der Waals surface area contributed by atoms with Crippen LogP contribution in [0.4, 0.5) is 0 Å². The summed E-state index contributed by atoms with van der Waals surface area (Å²) >= 11 is 1.26. The van der Waals surface area contributed by atoms with Crippen molar-refractivity contribution in [2.24, 2.45) is 5.10 Å². The highest BCUT2D eigenvalue weighted by Crippen LogP contribution is 2.28. The molecule has 0 radical (unpaired) electrons. The van der Waals surface area contributed by atoms with Gasteiger partial charge in [-0.15, -0.1) is 10.2 Å². The Hall–Kier alpha value is -4.44. The molecule has 0 saturated carbocycles. The molecule has 188 valence electrons. The van der Waals surface area contributed by atoms with Gasteiger partial charge in [-0.05, 0) is 61.0 Å². The zero-order chi connectivity index (χ0) is 26.2. The van der Waals surface area contributed by atoms with Crippen molar-refractivity contribution < 1.29 is 19.1 Å². The molecule has 0 aliphatic rings. The predicted molar refractivity (Wildman–Crippen MR) is 142 cm³/mol. The van der Waals surface area contributed by atoms with Crippen LogP contribution in [0.2, 0.25) is 0 Å². The fraction of sp³-hybridized carbons (Fsp3) is 0.148. The van der Waals surface area contributed by atoms with Gasteiger partial charge in [0.2, 0.25) is 0 Å². The number of benzene rings is 3. The van der Waals surface area contributed by atoms with E-state index in [1.165, 1.54) is 18.7 Å². The maximum atomic E-state index is 12.6. The van der Waals surface area contributed by atoms with Crippen LogP contribution in [0.3, 0.4) is 0 Å². The summed E-state index contributed by atoms with van der Waals surface area (Å²) in [6.45, 7) is 3.12. The van der Waals surface area contributed by atoms with E-state index in [0.717, 1.165) is 22.6 Å². The van der Waals surface area contributed by atoms with Crippen LogP contribution in [0, 0.1) is 0 Å². The SMILES string of the molecule is COc1ccc(-n2c(SCC(=O)N/N=C(/C)c3ccc(OC(C)=O)cc3)nnc2-c2ccccc2)cc1. The molecule has 0 bridgehead atoms. The average molecular weight is 516 g/mol. The largest absolute Gasteiger partial charge is 0.497 e. The first-order valence-corrected chi connectivity index (χ1v) is 12.3. The monoisotopic (exact) mass is 515 g/mol. The number of thioether (sulfide) groups is 1. The highest BCUT2D eigenvalue weighted by Gasteiger charge is 2.17. The fourth-order valence-corrected chi connectivity index (χ4v) is 4.15. The van der Waals surface area contributed by atoms with Crippen LogP contribution in [0.15, 0.2) is 89.1 Å². The van der Waals surface area contributed by atoms with Crippen LogP contribution in [-0.4, -0.2) is 45.2 Å². The number of nitrogens with zero attached hydrogens (tertiary/aromatic N) is 4. The first-order chi connectivity index (χ1) is 17.9. The van der Waals surface area contributed by atoms with E-state index in [0.29, 0.717) is 22.4 Å². The molecule has 0 spiro atoms. The fourth-order valence-electron chi connectivity index (χ4n) is 3.40. The number of amides is 1. The second-order valence-electron chi connectivity index (χ2n) is 7.84. The molecular weight excluding hydrogens is 490 g/mol. The predicted octanol–water partition coefficient (Wildman–Crippen LogP) is 4.50. The van der Waals surface area contributed by atoms with Crippen molar-refractivity contribution in [3.05, 3.63) is 84.4 Å². The zero-order valence-corrected chi connectivity index (χ0v) is 21.4. The zero-order valence-electron chi connectivity index (χ0n) is 20.5. The molecule has 10 heteroatoms. The first-order valence-electron chi connectivity index (χ1n) is 11.3. The number of carbonyl (C=O) groups is 2. The van der Waals surface area contributed by atoms with E-state index in [4.69, 9.17) is 9.47 Å². The molecule has 3 aromatic carbocycles. The molecule has 1 heterocycles. The van der Waals surface area contributed by atoms with Gasteiger partial charge >= 0.3 is 5.97 Å². The normalized spacial score (nSPS) is 11.2. The number of rotatable bonds is 9. The van der Waals surface area contributed by atoms with Gasteiger partial charge in [0.05, 0.1) is 18.6 Å².